The van der Waals surface area contributed by atoms with Crippen LogP contribution in [0, 0.1) is 0 Å². The van der Waals surface area contributed by atoms with E-state index in [-0.39, 0.29) is 12.5 Å². The van der Waals surface area contributed by atoms with E-state index in [2.05, 4.69) is 16.4 Å². The Morgan fingerprint density at radius 3 is 3.17 bits per heavy atom. The summed E-state index contributed by atoms with van der Waals surface area (Å²) >= 11 is 7.94. The molecule has 0 aliphatic carbocycles. The number of aromatic nitrogens is 1. The van der Waals surface area contributed by atoms with Crippen LogP contribution in [-0.2, 0) is 17.8 Å². The smallest absolute Gasteiger partial charge is 0.260 e. The van der Waals surface area contributed by atoms with Crippen LogP contribution in [0.3, 0.4) is 0 Å². The fourth-order valence-electron chi connectivity index (χ4n) is 2.92. The molecule has 3 aromatic rings. The van der Waals surface area contributed by atoms with E-state index < -0.39 is 0 Å². The Morgan fingerprint density at radius 1 is 1.33 bits per heavy atom. The first-order chi connectivity index (χ1) is 11.7. The highest BCUT2D eigenvalue weighted by Crippen LogP contribution is 2.30. The van der Waals surface area contributed by atoms with Gasteiger partial charge in [0.05, 0.1) is 5.02 Å². The van der Waals surface area contributed by atoms with Crippen LogP contribution < -0.4 is 4.74 Å². The molecule has 0 fully saturated rings. The maximum Gasteiger partial charge on any atom is 0.260 e. The van der Waals surface area contributed by atoms with Crippen LogP contribution in [-0.4, -0.2) is 28.9 Å². The van der Waals surface area contributed by atoms with E-state index in [0.717, 1.165) is 18.4 Å². The lowest BCUT2D eigenvalue weighted by atomic mass is 10.1. The summed E-state index contributed by atoms with van der Waals surface area (Å²) in [5.41, 5.74) is 1.93. The fraction of sp³-hybridized carbons (Fsp3) is 0.222. The number of carbonyl (C=O) groups excluding carboxylic acids is 1. The molecule has 0 radical (unpaired) electrons. The lowest BCUT2D eigenvalue weighted by Gasteiger charge is -2.27. The zero-order valence-electron chi connectivity index (χ0n) is 12.9. The van der Waals surface area contributed by atoms with Gasteiger partial charge in [0, 0.05) is 29.5 Å². The third kappa shape index (κ3) is 2.85. The summed E-state index contributed by atoms with van der Waals surface area (Å²) in [6.45, 7) is 1.42. The van der Waals surface area contributed by atoms with Gasteiger partial charge in [0.15, 0.2) is 6.61 Å². The van der Waals surface area contributed by atoms with Crippen LogP contribution in [0.25, 0.3) is 10.9 Å². The van der Waals surface area contributed by atoms with Gasteiger partial charge in [-0.05, 0) is 47.7 Å². The molecule has 4 nitrogen and oxygen atoms in total. The van der Waals surface area contributed by atoms with Crippen molar-refractivity contribution in [2.45, 2.75) is 13.0 Å². The molecule has 1 aliphatic heterocycles. The Labute approximate surface area is 148 Å². The van der Waals surface area contributed by atoms with E-state index in [1.165, 1.54) is 10.4 Å². The number of fused-ring (bicyclic) bond motifs is 2. The van der Waals surface area contributed by atoms with Gasteiger partial charge in [0.25, 0.3) is 5.91 Å². The van der Waals surface area contributed by atoms with Crippen LogP contribution in [0.1, 0.15) is 10.4 Å². The molecule has 0 unspecified atom stereocenters. The maximum atomic E-state index is 12.5. The zero-order chi connectivity index (χ0) is 16.5. The maximum absolute atomic E-state index is 12.5. The second kappa shape index (κ2) is 6.42. The lowest BCUT2D eigenvalue weighted by Crippen LogP contribution is -2.38. The number of amides is 1. The van der Waals surface area contributed by atoms with E-state index in [1.807, 2.05) is 17.0 Å². The van der Waals surface area contributed by atoms with Gasteiger partial charge >= 0.3 is 0 Å². The second-order valence-corrected chi connectivity index (χ2v) is 7.08. The van der Waals surface area contributed by atoms with Crippen molar-refractivity contribution in [1.82, 2.24) is 9.88 Å². The molecule has 0 saturated heterocycles. The molecule has 0 N–H and O–H groups in total. The van der Waals surface area contributed by atoms with E-state index in [1.54, 1.807) is 29.7 Å². The standard InChI is InChI=1S/C18H15ClN2O2S/c19-14-3-4-15(18-13(14)2-1-7-20-18)23-11-17(22)21-8-5-16-12(10-21)6-9-24-16/h1-4,6-7,9H,5,8,10-11H2. The molecule has 0 spiro atoms. The average Bonchev–Trinajstić information content (AvgIpc) is 3.09. The number of hydrogen-bond acceptors (Lipinski definition) is 4. The van der Waals surface area contributed by atoms with Crippen molar-refractivity contribution in [2.24, 2.45) is 0 Å². The molecule has 4 rings (SSSR count). The van der Waals surface area contributed by atoms with E-state index >= 15 is 0 Å². The lowest BCUT2D eigenvalue weighted by molar-refractivity contribution is -0.134. The molecular formula is C18H15ClN2O2S. The van der Waals surface area contributed by atoms with Crippen molar-refractivity contribution < 1.29 is 9.53 Å². The van der Waals surface area contributed by atoms with Gasteiger partial charge < -0.3 is 9.64 Å². The topological polar surface area (TPSA) is 42.4 Å². The van der Waals surface area contributed by atoms with Gasteiger partial charge in [-0.15, -0.1) is 11.3 Å². The molecule has 1 aromatic carbocycles. The van der Waals surface area contributed by atoms with Gasteiger partial charge in [0.2, 0.25) is 0 Å². The monoisotopic (exact) mass is 358 g/mol. The minimum Gasteiger partial charge on any atom is -0.481 e. The summed E-state index contributed by atoms with van der Waals surface area (Å²) in [5.74, 6) is 0.572. The number of ether oxygens (including phenoxy) is 1. The number of hydrogen-bond donors (Lipinski definition) is 0. The van der Waals surface area contributed by atoms with Crippen LogP contribution >= 0.6 is 22.9 Å². The number of thiophene rings is 1. The van der Waals surface area contributed by atoms with Gasteiger partial charge in [-0.25, -0.2) is 0 Å². The first-order valence-corrected chi connectivity index (χ1v) is 8.97. The molecule has 122 valence electrons. The molecule has 1 aliphatic rings. The third-order valence-corrected chi connectivity index (χ3v) is 5.54. The molecule has 3 heterocycles. The van der Waals surface area contributed by atoms with Crippen LogP contribution in [0.2, 0.25) is 5.02 Å². The highest BCUT2D eigenvalue weighted by atomic mass is 35.5. The quantitative estimate of drug-likeness (QED) is 0.712. The van der Waals surface area contributed by atoms with E-state index in [0.29, 0.717) is 22.8 Å². The normalized spacial score (nSPS) is 13.8. The highest BCUT2D eigenvalue weighted by molar-refractivity contribution is 7.10. The molecule has 0 bridgehead atoms. The molecule has 6 heteroatoms. The molecule has 0 saturated carbocycles. The summed E-state index contributed by atoms with van der Waals surface area (Å²) in [4.78, 5) is 20.0. The Hall–Kier alpha value is -2.11. The Balaban J connectivity index is 1.48. The van der Waals surface area contributed by atoms with Crippen LogP contribution in [0.15, 0.2) is 41.9 Å². The van der Waals surface area contributed by atoms with Crippen molar-refractivity contribution in [1.29, 1.82) is 0 Å². The van der Waals surface area contributed by atoms with Crippen LogP contribution in [0.5, 0.6) is 5.75 Å². The first kappa shape index (κ1) is 15.4. The minimum absolute atomic E-state index is 0.00672. The number of nitrogens with zero attached hydrogens (tertiary/aromatic N) is 2. The number of benzene rings is 1. The summed E-state index contributed by atoms with van der Waals surface area (Å²) in [7, 11) is 0. The minimum atomic E-state index is -0.00844. The summed E-state index contributed by atoms with van der Waals surface area (Å²) in [5, 5.41) is 3.53. The third-order valence-electron chi connectivity index (χ3n) is 4.19. The Morgan fingerprint density at radius 2 is 2.25 bits per heavy atom. The summed E-state index contributed by atoms with van der Waals surface area (Å²) in [6.07, 6.45) is 2.61. The predicted octanol–water partition coefficient (Wildman–Crippen LogP) is 3.91. The molecule has 1 amide bonds. The molecule has 24 heavy (non-hydrogen) atoms. The molecule has 0 atom stereocenters. The van der Waals surface area contributed by atoms with Crippen molar-refractivity contribution >= 4 is 39.7 Å². The number of halogens is 1. The van der Waals surface area contributed by atoms with Crippen molar-refractivity contribution in [3.05, 3.63) is 57.4 Å². The van der Waals surface area contributed by atoms with Gasteiger partial charge in [0.1, 0.15) is 11.3 Å². The van der Waals surface area contributed by atoms with Gasteiger partial charge in [-0.2, -0.15) is 0 Å². The predicted molar refractivity (Wildman–Crippen MR) is 95.7 cm³/mol. The van der Waals surface area contributed by atoms with Crippen molar-refractivity contribution in [3.63, 3.8) is 0 Å². The number of carbonyl (C=O) groups is 1. The molecular weight excluding hydrogens is 344 g/mol. The summed E-state index contributed by atoms with van der Waals surface area (Å²) in [6, 6.07) is 9.34. The van der Waals surface area contributed by atoms with Crippen LogP contribution in [0.4, 0.5) is 0 Å². The second-order valence-electron chi connectivity index (χ2n) is 5.67. The fourth-order valence-corrected chi connectivity index (χ4v) is 4.03. The largest absolute Gasteiger partial charge is 0.481 e. The van der Waals surface area contributed by atoms with Gasteiger partial charge in [-0.3, -0.25) is 9.78 Å². The number of rotatable bonds is 3. The Kier molecular flexibility index (Phi) is 4.12. The van der Waals surface area contributed by atoms with E-state index in [9.17, 15) is 4.79 Å². The first-order valence-electron chi connectivity index (χ1n) is 7.71. The van der Waals surface area contributed by atoms with Gasteiger partial charge in [-0.1, -0.05) is 11.6 Å². The number of pyridine rings is 1. The highest BCUT2D eigenvalue weighted by Gasteiger charge is 2.22. The van der Waals surface area contributed by atoms with Crippen molar-refractivity contribution in [3.8, 4) is 5.75 Å². The zero-order valence-corrected chi connectivity index (χ0v) is 14.4. The van der Waals surface area contributed by atoms with E-state index in [4.69, 9.17) is 16.3 Å². The SMILES string of the molecule is O=C(COc1ccc(Cl)c2cccnc12)N1CCc2sccc2C1. The summed E-state index contributed by atoms with van der Waals surface area (Å²) < 4.78 is 5.75. The average molecular weight is 359 g/mol. The molecule has 2 aromatic heterocycles. The van der Waals surface area contributed by atoms with Crippen molar-refractivity contribution in [2.75, 3.05) is 13.2 Å². The Bertz CT molecular complexity index is 909.